The van der Waals surface area contributed by atoms with Crippen LogP contribution >= 0.6 is 31.9 Å². The molecule has 0 unspecified atom stereocenters. The number of hydrogen-bond acceptors (Lipinski definition) is 4. The summed E-state index contributed by atoms with van der Waals surface area (Å²) in [4.78, 5) is 22.8. The van der Waals surface area contributed by atoms with E-state index in [1.165, 1.54) is 22.3 Å². The maximum absolute atomic E-state index is 11.4. The van der Waals surface area contributed by atoms with E-state index in [-0.39, 0.29) is 17.4 Å². The minimum Gasteiger partial charge on any atom is -0.466 e. The van der Waals surface area contributed by atoms with E-state index in [0.29, 0.717) is 26.1 Å². The third-order valence-corrected chi connectivity index (χ3v) is 8.37. The third kappa shape index (κ3) is 8.16. The van der Waals surface area contributed by atoms with Gasteiger partial charge in [-0.2, -0.15) is 0 Å². The lowest BCUT2D eigenvalue weighted by Gasteiger charge is -2.33. The molecule has 4 nitrogen and oxygen atoms in total. The van der Waals surface area contributed by atoms with Crippen LogP contribution in [-0.2, 0) is 24.5 Å². The highest BCUT2D eigenvalue weighted by molar-refractivity contribution is 9.10. The summed E-state index contributed by atoms with van der Waals surface area (Å²) in [6.07, 6.45) is 11.6. The summed E-state index contributed by atoms with van der Waals surface area (Å²) in [5.74, 6) is -0.226. The Hall–Kier alpha value is -1.66. The first kappa shape index (κ1) is 29.9. The van der Waals surface area contributed by atoms with Crippen LogP contribution in [0.5, 0.6) is 0 Å². The highest BCUT2D eigenvalue weighted by Crippen LogP contribution is 2.55. The second kappa shape index (κ2) is 15.1. The number of unbranched alkanes of at least 4 members (excludes halogenated alkanes) is 6. The fraction of sp³-hybridized carbons (Fsp3) is 0.548. The van der Waals surface area contributed by atoms with Gasteiger partial charge in [-0.3, -0.25) is 9.59 Å². The number of benzene rings is 2. The summed E-state index contributed by atoms with van der Waals surface area (Å²) < 4.78 is 12.7. The Kier molecular flexibility index (Phi) is 12.2. The van der Waals surface area contributed by atoms with Crippen LogP contribution in [-0.4, -0.2) is 25.2 Å². The maximum Gasteiger partial charge on any atom is 0.305 e. The molecule has 1 aliphatic carbocycles. The molecule has 0 atom stereocenters. The second-order valence-electron chi connectivity index (χ2n) is 9.94. The molecule has 0 aromatic heterocycles. The van der Waals surface area contributed by atoms with E-state index < -0.39 is 0 Å². The second-order valence-corrected chi connectivity index (χ2v) is 11.8. The number of carbonyl (C=O) groups is 2. The third-order valence-electron chi connectivity index (χ3n) is 7.38. The molecule has 2 aromatic rings. The van der Waals surface area contributed by atoms with Crippen LogP contribution in [0, 0.1) is 0 Å². The molecule has 0 saturated carbocycles. The molecule has 0 radical (unpaired) electrons. The predicted molar refractivity (Wildman–Crippen MR) is 157 cm³/mol. The molecule has 0 fully saturated rings. The molecule has 1 aliphatic rings. The van der Waals surface area contributed by atoms with Crippen molar-refractivity contribution in [3.8, 4) is 11.1 Å². The largest absolute Gasteiger partial charge is 0.466 e. The Morgan fingerprint density at radius 1 is 0.649 bits per heavy atom. The van der Waals surface area contributed by atoms with E-state index in [0.717, 1.165) is 73.2 Å². The highest BCUT2D eigenvalue weighted by atomic mass is 79.9. The van der Waals surface area contributed by atoms with Gasteiger partial charge in [0.1, 0.15) is 0 Å². The predicted octanol–water partition coefficient (Wildman–Crippen LogP) is 9.29. The van der Waals surface area contributed by atoms with E-state index in [2.05, 4.69) is 68.3 Å². The molecule has 0 N–H and O–H groups in total. The van der Waals surface area contributed by atoms with E-state index in [1.54, 1.807) is 0 Å². The molecular formula is C31H40Br2O4. The summed E-state index contributed by atoms with van der Waals surface area (Å²) in [5.41, 5.74) is 5.56. The van der Waals surface area contributed by atoms with Crippen LogP contribution in [0.2, 0.25) is 0 Å². The minimum absolute atomic E-state index is 0.0123. The van der Waals surface area contributed by atoms with Gasteiger partial charge in [0.05, 0.1) is 13.2 Å². The number of rotatable bonds is 16. The Morgan fingerprint density at radius 3 is 1.46 bits per heavy atom. The Balaban J connectivity index is 1.69. The first-order valence-corrected chi connectivity index (χ1v) is 15.4. The van der Waals surface area contributed by atoms with Gasteiger partial charge in [0.15, 0.2) is 0 Å². The summed E-state index contributed by atoms with van der Waals surface area (Å²) in [7, 11) is 0. The van der Waals surface area contributed by atoms with Gasteiger partial charge >= 0.3 is 11.9 Å². The van der Waals surface area contributed by atoms with Gasteiger partial charge in [-0.05, 0) is 72.2 Å². The van der Waals surface area contributed by atoms with Crippen molar-refractivity contribution in [1.82, 2.24) is 0 Å². The molecule has 0 bridgehead atoms. The van der Waals surface area contributed by atoms with Crippen molar-refractivity contribution in [1.29, 1.82) is 0 Å². The molecule has 0 amide bonds. The van der Waals surface area contributed by atoms with Gasteiger partial charge in [0, 0.05) is 27.2 Å². The molecule has 2 aromatic carbocycles. The van der Waals surface area contributed by atoms with Crippen molar-refractivity contribution in [2.24, 2.45) is 0 Å². The van der Waals surface area contributed by atoms with Crippen molar-refractivity contribution in [2.45, 2.75) is 96.3 Å². The summed E-state index contributed by atoms with van der Waals surface area (Å²) in [6, 6.07) is 13.5. The average molecular weight is 636 g/mol. The van der Waals surface area contributed by atoms with Crippen molar-refractivity contribution in [3.63, 3.8) is 0 Å². The normalized spacial score (nSPS) is 13.2. The number of halogens is 2. The first-order chi connectivity index (χ1) is 17.9. The zero-order chi connectivity index (χ0) is 26.7. The maximum atomic E-state index is 11.4. The Morgan fingerprint density at radius 2 is 1.05 bits per heavy atom. The zero-order valence-electron chi connectivity index (χ0n) is 22.3. The van der Waals surface area contributed by atoms with Crippen molar-refractivity contribution in [2.75, 3.05) is 13.2 Å². The van der Waals surface area contributed by atoms with E-state index in [1.807, 2.05) is 13.8 Å². The average Bonchev–Trinajstić information content (AvgIpc) is 3.15. The standard InChI is InChI=1S/C31H40Br2O4/c1-3-29(34)36-19-11-7-5-9-17-31(18-10-6-8-12-20-37-30(35)4-2)27-21-23(32)13-15-25(27)26-16-14-24(33)22-28(26)31/h13-16,21-22H,3-12,17-20H2,1-2H3. The monoisotopic (exact) mass is 634 g/mol. The van der Waals surface area contributed by atoms with E-state index >= 15 is 0 Å². The van der Waals surface area contributed by atoms with Crippen LogP contribution in [0.1, 0.15) is 102 Å². The van der Waals surface area contributed by atoms with Gasteiger partial charge in [-0.1, -0.05) is 96.4 Å². The number of ether oxygens (including phenoxy) is 2. The van der Waals surface area contributed by atoms with Crippen LogP contribution < -0.4 is 0 Å². The minimum atomic E-state index is -0.113. The molecule has 37 heavy (non-hydrogen) atoms. The summed E-state index contributed by atoms with van der Waals surface area (Å²) >= 11 is 7.48. The van der Waals surface area contributed by atoms with Gasteiger partial charge < -0.3 is 9.47 Å². The lowest BCUT2D eigenvalue weighted by atomic mass is 9.70. The zero-order valence-corrected chi connectivity index (χ0v) is 25.4. The van der Waals surface area contributed by atoms with E-state index in [9.17, 15) is 9.59 Å². The summed E-state index contributed by atoms with van der Waals surface area (Å²) in [5, 5.41) is 0. The SMILES string of the molecule is CCC(=O)OCCCCCCC1(CCCCCCOC(=O)CC)c2cc(Br)ccc2-c2ccc(Br)cc21. The number of fused-ring (bicyclic) bond motifs is 3. The molecule has 0 aliphatic heterocycles. The smallest absolute Gasteiger partial charge is 0.305 e. The lowest BCUT2D eigenvalue weighted by molar-refractivity contribution is -0.144. The van der Waals surface area contributed by atoms with Crippen LogP contribution in [0.15, 0.2) is 45.3 Å². The van der Waals surface area contributed by atoms with Gasteiger partial charge in [0.2, 0.25) is 0 Å². The molecule has 0 saturated heterocycles. The van der Waals surface area contributed by atoms with Crippen LogP contribution in [0.4, 0.5) is 0 Å². The lowest BCUT2D eigenvalue weighted by Crippen LogP contribution is -2.25. The Bertz CT molecular complexity index is 966. The molecular weight excluding hydrogens is 596 g/mol. The molecule has 3 rings (SSSR count). The Labute approximate surface area is 239 Å². The number of hydrogen-bond donors (Lipinski definition) is 0. The van der Waals surface area contributed by atoms with Gasteiger partial charge in [0.25, 0.3) is 0 Å². The molecule has 0 heterocycles. The van der Waals surface area contributed by atoms with Gasteiger partial charge in [-0.15, -0.1) is 0 Å². The summed E-state index contributed by atoms with van der Waals surface area (Å²) in [6.45, 7) is 4.71. The van der Waals surface area contributed by atoms with Crippen molar-refractivity contribution in [3.05, 3.63) is 56.5 Å². The quantitative estimate of drug-likeness (QED) is 0.136. The van der Waals surface area contributed by atoms with Crippen molar-refractivity contribution < 1.29 is 19.1 Å². The highest BCUT2D eigenvalue weighted by Gasteiger charge is 2.42. The number of esters is 2. The molecule has 6 heteroatoms. The van der Waals surface area contributed by atoms with Gasteiger partial charge in [-0.25, -0.2) is 0 Å². The fourth-order valence-electron chi connectivity index (χ4n) is 5.44. The number of carbonyl (C=O) groups excluding carboxylic acids is 2. The van der Waals surface area contributed by atoms with E-state index in [4.69, 9.17) is 9.47 Å². The molecule has 0 spiro atoms. The van der Waals surface area contributed by atoms with Crippen LogP contribution in [0.25, 0.3) is 11.1 Å². The fourth-order valence-corrected chi connectivity index (χ4v) is 6.17. The van der Waals surface area contributed by atoms with Crippen molar-refractivity contribution >= 4 is 43.8 Å². The topological polar surface area (TPSA) is 52.6 Å². The molecule has 202 valence electrons. The van der Waals surface area contributed by atoms with Crippen LogP contribution in [0.3, 0.4) is 0 Å². The first-order valence-electron chi connectivity index (χ1n) is 13.8.